The highest BCUT2D eigenvalue weighted by Crippen LogP contribution is 2.34. The standard InChI is InChI=1S/C20H16FNO2S2/c1-2-11-22-19(23)18(26-20(22)25)12-15-5-3-4-6-17(15)24-13-14-7-9-16(21)10-8-14/h2-10,12H,1,11,13H2. The maximum atomic E-state index is 13.0. The van der Waals surface area contributed by atoms with E-state index in [1.807, 2.05) is 24.3 Å². The molecule has 0 aliphatic carbocycles. The zero-order valence-corrected chi connectivity index (χ0v) is 15.5. The molecular formula is C20H16FNO2S2. The van der Waals surface area contributed by atoms with E-state index < -0.39 is 0 Å². The van der Waals surface area contributed by atoms with Crippen LogP contribution in [0.4, 0.5) is 4.39 Å². The third-order valence-electron chi connectivity index (χ3n) is 3.70. The molecule has 3 nitrogen and oxygen atoms in total. The highest BCUT2D eigenvalue weighted by molar-refractivity contribution is 8.26. The highest BCUT2D eigenvalue weighted by Gasteiger charge is 2.31. The lowest BCUT2D eigenvalue weighted by Gasteiger charge is -2.11. The van der Waals surface area contributed by atoms with Gasteiger partial charge in [-0.05, 0) is 29.8 Å². The Bertz CT molecular complexity index is 878. The normalized spacial score (nSPS) is 15.6. The molecule has 2 aromatic carbocycles. The van der Waals surface area contributed by atoms with Crippen LogP contribution in [0.15, 0.2) is 66.1 Å². The summed E-state index contributed by atoms with van der Waals surface area (Å²) in [4.78, 5) is 14.5. The molecule has 1 heterocycles. The smallest absolute Gasteiger partial charge is 0.266 e. The Morgan fingerprint density at radius 3 is 2.65 bits per heavy atom. The van der Waals surface area contributed by atoms with Crippen LogP contribution in [-0.2, 0) is 11.4 Å². The van der Waals surface area contributed by atoms with Gasteiger partial charge in [-0.2, -0.15) is 0 Å². The first-order valence-corrected chi connectivity index (χ1v) is 9.13. The Balaban J connectivity index is 1.79. The summed E-state index contributed by atoms with van der Waals surface area (Å²) in [6.07, 6.45) is 3.43. The minimum absolute atomic E-state index is 0.131. The Morgan fingerprint density at radius 1 is 1.19 bits per heavy atom. The van der Waals surface area contributed by atoms with Gasteiger partial charge in [-0.25, -0.2) is 4.39 Å². The van der Waals surface area contributed by atoms with Crippen molar-refractivity contribution >= 4 is 40.3 Å². The number of thioether (sulfide) groups is 1. The summed E-state index contributed by atoms with van der Waals surface area (Å²) in [6.45, 7) is 4.35. The van der Waals surface area contributed by atoms with Crippen molar-refractivity contribution in [3.63, 3.8) is 0 Å². The second-order valence-electron chi connectivity index (χ2n) is 5.53. The van der Waals surface area contributed by atoms with E-state index in [0.717, 1.165) is 11.1 Å². The molecule has 6 heteroatoms. The number of hydrogen-bond acceptors (Lipinski definition) is 4. The quantitative estimate of drug-likeness (QED) is 0.406. The first-order valence-electron chi connectivity index (χ1n) is 7.91. The number of benzene rings is 2. The van der Waals surface area contributed by atoms with Crippen molar-refractivity contribution in [2.75, 3.05) is 6.54 Å². The van der Waals surface area contributed by atoms with E-state index in [4.69, 9.17) is 17.0 Å². The van der Waals surface area contributed by atoms with Crippen molar-refractivity contribution in [1.29, 1.82) is 0 Å². The SMILES string of the molecule is C=CCN1C(=O)C(=Cc2ccccc2OCc2ccc(F)cc2)SC1=S. The fraction of sp³-hybridized carbons (Fsp3) is 0.100. The third-order valence-corrected chi connectivity index (χ3v) is 5.08. The summed E-state index contributed by atoms with van der Waals surface area (Å²) in [5.74, 6) is 0.231. The average molecular weight is 385 g/mol. The number of para-hydroxylation sites is 1. The number of nitrogens with zero attached hydrogens (tertiary/aromatic N) is 1. The van der Waals surface area contributed by atoms with Crippen molar-refractivity contribution in [3.05, 3.63) is 83.0 Å². The molecule has 1 aliphatic rings. The van der Waals surface area contributed by atoms with Gasteiger partial charge >= 0.3 is 0 Å². The third kappa shape index (κ3) is 4.20. The van der Waals surface area contributed by atoms with E-state index in [2.05, 4.69) is 6.58 Å². The van der Waals surface area contributed by atoms with Crippen LogP contribution < -0.4 is 4.74 Å². The topological polar surface area (TPSA) is 29.5 Å². The van der Waals surface area contributed by atoms with E-state index in [1.54, 1.807) is 24.3 Å². The second kappa shape index (κ2) is 8.29. The van der Waals surface area contributed by atoms with Crippen LogP contribution in [0, 0.1) is 5.82 Å². The molecule has 0 spiro atoms. The van der Waals surface area contributed by atoms with Gasteiger partial charge in [-0.15, -0.1) is 6.58 Å². The number of carbonyl (C=O) groups excluding carboxylic acids is 1. The molecule has 2 aromatic rings. The largest absolute Gasteiger partial charge is 0.488 e. The van der Waals surface area contributed by atoms with Gasteiger partial charge < -0.3 is 4.74 Å². The molecule has 0 N–H and O–H groups in total. The Kier molecular flexibility index (Phi) is 5.85. The Hall–Kier alpha value is -2.44. The van der Waals surface area contributed by atoms with E-state index in [0.29, 0.717) is 28.1 Å². The number of halogens is 1. The Morgan fingerprint density at radius 2 is 1.92 bits per heavy atom. The maximum Gasteiger partial charge on any atom is 0.266 e. The number of amides is 1. The zero-order valence-electron chi connectivity index (χ0n) is 13.9. The lowest BCUT2D eigenvalue weighted by molar-refractivity contribution is -0.121. The molecule has 1 aliphatic heterocycles. The first-order chi connectivity index (χ1) is 12.6. The van der Waals surface area contributed by atoms with Crippen LogP contribution in [0.5, 0.6) is 5.75 Å². The van der Waals surface area contributed by atoms with Crippen molar-refractivity contribution in [3.8, 4) is 5.75 Å². The van der Waals surface area contributed by atoms with Crippen LogP contribution in [0.25, 0.3) is 6.08 Å². The molecule has 0 bridgehead atoms. The molecule has 0 unspecified atom stereocenters. The minimum Gasteiger partial charge on any atom is -0.488 e. The number of rotatable bonds is 6. The lowest BCUT2D eigenvalue weighted by atomic mass is 10.1. The molecule has 1 fully saturated rings. The second-order valence-corrected chi connectivity index (χ2v) is 7.21. The van der Waals surface area contributed by atoms with Crippen LogP contribution in [0.3, 0.4) is 0 Å². The lowest BCUT2D eigenvalue weighted by Crippen LogP contribution is -2.27. The number of carbonyl (C=O) groups is 1. The van der Waals surface area contributed by atoms with E-state index in [1.165, 1.54) is 28.8 Å². The minimum atomic E-state index is -0.282. The summed E-state index contributed by atoms with van der Waals surface area (Å²) in [7, 11) is 0. The van der Waals surface area contributed by atoms with Gasteiger partial charge in [0, 0.05) is 12.1 Å². The molecule has 1 amide bonds. The van der Waals surface area contributed by atoms with Gasteiger partial charge in [-0.1, -0.05) is 60.4 Å². The van der Waals surface area contributed by atoms with Crippen LogP contribution in [-0.4, -0.2) is 21.7 Å². The number of hydrogen-bond donors (Lipinski definition) is 0. The highest BCUT2D eigenvalue weighted by atomic mass is 32.2. The van der Waals surface area contributed by atoms with Crippen LogP contribution >= 0.6 is 24.0 Å². The van der Waals surface area contributed by atoms with Crippen molar-refractivity contribution in [1.82, 2.24) is 4.90 Å². The van der Waals surface area contributed by atoms with E-state index in [-0.39, 0.29) is 11.7 Å². The molecule has 132 valence electrons. The predicted molar refractivity (Wildman–Crippen MR) is 107 cm³/mol. The fourth-order valence-electron chi connectivity index (χ4n) is 2.40. The molecular weight excluding hydrogens is 369 g/mol. The van der Waals surface area contributed by atoms with Gasteiger partial charge in [0.25, 0.3) is 5.91 Å². The van der Waals surface area contributed by atoms with E-state index >= 15 is 0 Å². The number of thiocarbonyl (C=S) groups is 1. The zero-order chi connectivity index (χ0) is 18.5. The molecule has 3 rings (SSSR count). The summed E-state index contributed by atoms with van der Waals surface area (Å²) in [6, 6.07) is 13.6. The van der Waals surface area contributed by atoms with Crippen molar-refractivity contribution in [2.24, 2.45) is 0 Å². The molecule has 0 radical (unpaired) electrons. The van der Waals surface area contributed by atoms with Crippen LogP contribution in [0.2, 0.25) is 0 Å². The molecule has 26 heavy (non-hydrogen) atoms. The van der Waals surface area contributed by atoms with Gasteiger partial charge in [0.05, 0.1) is 4.91 Å². The van der Waals surface area contributed by atoms with Gasteiger partial charge in [-0.3, -0.25) is 9.69 Å². The molecule has 1 saturated heterocycles. The average Bonchev–Trinajstić information content (AvgIpc) is 2.90. The Labute approximate surface area is 161 Å². The van der Waals surface area contributed by atoms with Gasteiger partial charge in [0.2, 0.25) is 0 Å². The monoisotopic (exact) mass is 385 g/mol. The summed E-state index contributed by atoms with van der Waals surface area (Å²) in [5, 5.41) is 0. The predicted octanol–water partition coefficient (Wildman–Crippen LogP) is 4.79. The number of ether oxygens (including phenoxy) is 1. The van der Waals surface area contributed by atoms with Crippen LogP contribution in [0.1, 0.15) is 11.1 Å². The maximum absolute atomic E-state index is 13.0. The van der Waals surface area contributed by atoms with E-state index in [9.17, 15) is 9.18 Å². The fourth-order valence-corrected chi connectivity index (χ4v) is 3.67. The summed E-state index contributed by atoms with van der Waals surface area (Å²) in [5.41, 5.74) is 1.65. The summed E-state index contributed by atoms with van der Waals surface area (Å²) < 4.78 is 19.4. The molecule has 0 saturated carbocycles. The van der Waals surface area contributed by atoms with Crippen molar-refractivity contribution in [2.45, 2.75) is 6.61 Å². The van der Waals surface area contributed by atoms with Gasteiger partial charge in [0.1, 0.15) is 22.5 Å². The van der Waals surface area contributed by atoms with Crippen molar-refractivity contribution < 1.29 is 13.9 Å². The first kappa shape index (κ1) is 18.4. The van der Waals surface area contributed by atoms with Gasteiger partial charge in [0.15, 0.2) is 0 Å². The summed E-state index contributed by atoms with van der Waals surface area (Å²) >= 11 is 6.52. The molecule has 0 atom stereocenters. The molecule has 0 aromatic heterocycles.